The molecule has 52 nitrogen and oxygen atoms in total. The summed E-state index contributed by atoms with van der Waals surface area (Å²) in [5.74, 6) is 5.11. The molecule has 0 radical (unpaired) electrons. The SMILES string of the molecule is CC.CC.CC1=C(C(=O)Nc2ccc3[nH]nc(-c4cc(N5CCN(C)CC5)ncn4)c3c2)Cn2nnnc2N1C.CC1=C(C(=O)Nc2ccc3[nH]nc(-c4cc(N5CCN(C)[C@@H](C)C5)ncn4)c3c2)[C@@H](C)n2nnnc2N1C.CC1=C(C(=O)Nc2ccc3[nH]nc(-c4cc(N5CCNCC5)ncn4)c3c2)Cn2nnnc2N1C.CC1=C(C(=O)Nc2ccc3[nH]nc(-c4cc(N5CCN[C@@H](C)C5)ncn4)c3c2)[C@@H](C)n2nnnc2N1C. The fraction of sp³-hybridized carbons (Fsp3) is 0.388. The quantitative estimate of drug-likeness (QED) is 0.0442. The summed E-state index contributed by atoms with van der Waals surface area (Å²) >= 11 is 0. The van der Waals surface area contributed by atoms with E-state index < -0.39 is 0 Å². The number of aromatic nitrogens is 32. The second-order valence-electron chi connectivity index (χ2n) is 37.1. The molecule has 52 heteroatoms. The maximum Gasteiger partial charge on any atom is 0.255 e. The highest BCUT2D eigenvalue weighted by Crippen LogP contribution is 2.40. The predicted octanol–water partition coefficient (Wildman–Crippen LogP) is 7.75. The van der Waals surface area contributed by atoms with E-state index in [4.69, 9.17) is 0 Å². The number of carbonyl (C=O) groups excluding carboxylic acids is 4. The van der Waals surface area contributed by atoms with Gasteiger partial charge in [0.05, 0.1) is 92.3 Å². The van der Waals surface area contributed by atoms with Gasteiger partial charge in [0, 0.05) is 223 Å². The molecule has 10 N–H and O–H groups in total. The van der Waals surface area contributed by atoms with Crippen LogP contribution in [-0.2, 0) is 32.3 Å². The van der Waals surface area contributed by atoms with Gasteiger partial charge in [-0.3, -0.25) is 39.6 Å². The molecule has 4 atom stereocenters. The second-order valence-corrected chi connectivity index (χ2v) is 37.1. The van der Waals surface area contributed by atoms with E-state index in [2.05, 4.69) is 232 Å². The number of hydrogen-bond donors (Lipinski definition) is 10. The zero-order valence-electron chi connectivity index (χ0n) is 86.8. The smallest absolute Gasteiger partial charge is 0.255 e. The van der Waals surface area contributed by atoms with Crippen molar-refractivity contribution in [2.45, 2.75) is 120 Å². The van der Waals surface area contributed by atoms with Crippen molar-refractivity contribution < 1.29 is 19.2 Å². The minimum atomic E-state index is -0.304. The molecular weight excluding hydrogens is 1910 g/mol. The van der Waals surface area contributed by atoms with Crippen molar-refractivity contribution in [3.8, 4) is 45.6 Å². The van der Waals surface area contributed by atoms with Crippen molar-refractivity contribution in [3.05, 3.63) is 167 Å². The van der Waals surface area contributed by atoms with E-state index in [9.17, 15) is 19.2 Å². The number of rotatable bonds is 16. The molecule has 8 aliphatic rings. The lowest BCUT2D eigenvalue weighted by atomic mass is 10.0. The van der Waals surface area contributed by atoms with E-state index in [1.807, 2.05) is 209 Å². The fourth-order valence-corrected chi connectivity index (χ4v) is 19.2. The number of nitrogens with zero attached hydrogens (tertiary/aromatic N) is 38. The number of fused-ring (bicyclic) bond motifs is 8. The molecule has 0 bridgehead atoms. The van der Waals surface area contributed by atoms with E-state index in [0.717, 1.165) is 204 Å². The second kappa shape index (κ2) is 43.6. The van der Waals surface area contributed by atoms with Gasteiger partial charge in [-0.25, -0.2) is 58.6 Å². The van der Waals surface area contributed by atoms with Gasteiger partial charge in [0.15, 0.2) is 0 Å². The lowest BCUT2D eigenvalue weighted by Gasteiger charge is -2.38. The number of carbonyl (C=O) groups is 4. The number of tetrazole rings is 4. The van der Waals surface area contributed by atoms with Crippen LogP contribution in [0.2, 0.25) is 0 Å². The van der Waals surface area contributed by atoms with E-state index in [1.165, 1.54) is 0 Å². The summed E-state index contributed by atoms with van der Waals surface area (Å²) in [7, 11) is 11.6. The zero-order chi connectivity index (χ0) is 105. The van der Waals surface area contributed by atoms with Crippen LogP contribution in [0.15, 0.2) is 167 Å². The van der Waals surface area contributed by atoms with E-state index in [0.29, 0.717) is 117 Å². The molecule has 24 rings (SSSR count). The summed E-state index contributed by atoms with van der Waals surface area (Å²) < 4.78 is 6.50. The van der Waals surface area contributed by atoms with Gasteiger partial charge in [0.2, 0.25) is 23.8 Å². The number of allylic oxidation sites excluding steroid dienone is 4. The van der Waals surface area contributed by atoms with Crippen LogP contribution in [0.5, 0.6) is 0 Å². The maximum absolute atomic E-state index is 13.4. The van der Waals surface area contributed by atoms with Crippen LogP contribution in [0.3, 0.4) is 0 Å². The molecule has 20 heterocycles. The van der Waals surface area contributed by atoms with Gasteiger partial charge >= 0.3 is 0 Å². The molecule has 0 unspecified atom stereocenters. The number of piperazine rings is 4. The first kappa shape index (κ1) is 101. The topological polar surface area (TPSA) is 565 Å². The number of hydrogen-bond acceptors (Lipinski definition) is 40. The molecule has 8 aliphatic heterocycles. The molecule has 776 valence electrons. The summed E-state index contributed by atoms with van der Waals surface area (Å²) in [6, 6.07) is 30.8. The third-order valence-corrected chi connectivity index (χ3v) is 28.2. The predicted molar refractivity (Wildman–Crippen MR) is 570 cm³/mol. The van der Waals surface area contributed by atoms with E-state index in [1.54, 1.807) is 48.9 Å². The molecule has 4 fully saturated rings. The number of amides is 4. The van der Waals surface area contributed by atoms with Gasteiger partial charge in [0.25, 0.3) is 23.6 Å². The molecule has 0 saturated carbocycles. The van der Waals surface area contributed by atoms with Gasteiger partial charge in [-0.05, 0) is 184 Å². The Bertz CT molecular complexity index is 7810. The molecule has 4 aromatic carbocycles. The average molecular weight is 2030 g/mol. The molecular formula is C98H120N48O4. The number of aromatic amines is 4. The molecule has 150 heavy (non-hydrogen) atoms. The summed E-state index contributed by atoms with van der Waals surface area (Å²) in [6.07, 6.45) is 6.31. The van der Waals surface area contributed by atoms with E-state index in [-0.39, 0.29) is 35.7 Å². The van der Waals surface area contributed by atoms with Gasteiger partial charge in [-0.2, -0.15) is 20.4 Å². The Hall–Kier alpha value is -17.6. The zero-order valence-corrected chi connectivity index (χ0v) is 86.8. The van der Waals surface area contributed by atoms with Crippen LogP contribution in [0.4, 0.5) is 69.8 Å². The van der Waals surface area contributed by atoms with Crippen LogP contribution in [-0.4, -0.2) is 341 Å². The number of H-pyrrole nitrogens is 4. The Labute approximate surface area is 861 Å². The monoisotopic (exact) mass is 2030 g/mol. The van der Waals surface area contributed by atoms with Crippen molar-refractivity contribution in [3.63, 3.8) is 0 Å². The van der Waals surface area contributed by atoms with Gasteiger partial charge < -0.3 is 80.9 Å². The average Bonchev–Trinajstić information content (AvgIpc) is 1.71. The summed E-state index contributed by atoms with van der Waals surface area (Å²) in [5.41, 5.74) is 17.4. The highest BCUT2D eigenvalue weighted by Gasteiger charge is 2.38. The maximum atomic E-state index is 13.4. The molecule has 0 spiro atoms. The first-order valence-electron chi connectivity index (χ1n) is 49.9. The van der Waals surface area contributed by atoms with Crippen molar-refractivity contribution >= 4 is 137 Å². The van der Waals surface area contributed by atoms with Crippen molar-refractivity contribution in [1.29, 1.82) is 0 Å². The normalized spacial score (nSPS) is 17.8. The third kappa shape index (κ3) is 20.4. The Morgan fingerprint density at radius 2 is 0.673 bits per heavy atom. The van der Waals surface area contributed by atoms with Gasteiger partial charge in [-0.1, -0.05) is 48.1 Å². The molecule has 0 aliphatic carbocycles. The summed E-state index contributed by atoms with van der Waals surface area (Å²) in [6.45, 7) is 37.3. The Kier molecular flexibility index (Phi) is 29.4. The third-order valence-electron chi connectivity index (χ3n) is 28.2. The minimum absolute atomic E-state index is 0.204. The Morgan fingerprint density at radius 3 is 1.05 bits per heavy atom. The molecule has 4 saturated heterocycles. The standard InChI is InChI=1S/C25H30N12O.C24H28N12O.C23H26N12O.C22H24N12O.2C2H6/c1-14-12-36(9-8-34(14)4)21-11-20(26-13-27-21)23-18-10-17(6-7-19(18)29-30-23)28-24(38)22-15(2)35(5)25-31-32-33-37(25)16(22)3;1-13-11-35(8-7-25-13)20-10-19(26-12-27-20)22-17-9-16(5-6-18(17)29-30-22)28-23(37)21-14(2)34(4)24-31-32-33-36(24)15(21)3;1-14-17(12-35-23(33(14)3)29-30-31-35)22(36)26-15-4-5-18-16(10-15)21(28-27-18)19-11-20(25-13-24-19)34-8-6-32(2)7-9-34;1-13-16(11-34-22(32(13)2)29-30-31-34)21(35)26-14-3-4-17-15(9-14)20(28-27-17)18-10-19(25-12-24-18)33-7-5-23-6-8-33;2*1-2/h6-7,10-11,13-14,16H,8-9,12H2,1-5H3,(H,28,38)(H,29,30);5-6,9-10,12-13,15,25H,7-8,11H2,1-4H3,(H,28,37)(H,29,30);4-5,10-11,13H,6-9,12H2,1-3H3,(H,26,36)(H,27,28);3-4,9-10,12,23H,5-8,11H2,1-2H3,(H,26,35)(H,27,28);2*1-2H3/t14-,16+;13-,15+;;;;/m00..../s1. The highest BCUT2D eigenvalue weighted by atomic mass is 16.2. The largest absolute Gasteiger partial charge is 0.354 e. The van der Waals surface area contributed by atoms with Crippen molar-refractivity contribution in [2.24, 2.45) is 0 Å². The van der Waals surface area contributed by atoms with E-state index >= 15 is 0 Å². The van der Waals surface area contributed by atoms with Crippen LogP contribution in [0, 0.1) is 0 Å². The first-order valence-corrected chi connectivity index (χ1v) is 49.9. The Balaban J connectivity index is 0.000000124. The lowest BCUT2D eigenvalue weighted by Crippen LogP contribution is -2.50. The van der Waals surface area contributed by atoms with Crippen molar-refractivity contribution in [1.82, 2.24) is 182 Å². The Morgan fingerprint density at radius 1 is 0.347 bits per heavy atom. The number of benzene rings is 4. The number of nitrogens with one attached hydrogen (secondary N) is 10. The number of likely N-dealkylation sites (N-methyl/N-ethyl adjacent to an activating group) is 2. The van der Waals surface area contributed by atoms with Gasteiger partial charge in [0.1, 0.15) is 71.4 Å². The molecule has 16 aromatic rings. The van der Waals surface area contributed by atoms with Crippen LogP contribution in [0.25, 0.3) is 89.2 Å². The molecule has 12 aromatic heterocycles. The van der Waals surface area contributed by atoms with Crippen LogP contribution < -0.4 is 71.1 Å². The minimum Gasteiger partial charge on any atom is -0.354 e. The lowest BCUT2D eigenvalue weighted by molar-refractivity contribution is -0.114. The highest BCUT2D eigenvalue weighted by molar-refractivity contribution is 6.10. The van der Waals surface area contributed by atoms with Crippen LogP contribution >= 0.6 is 0 Å². The van der Waals surface area contributed by atoms with Crippen LogP contribution in [0.1, 0.15) is 95.2 Å². The summed E-state index contributed by atoms with van der Waals surface area (Å²) in [4.78, 5) is 110. The molecule has 4 amide bonds. The fourth-order valence-electron chi connectivity index (χ4n) is 19.2. The van der Waals surface area contributed by atoms with Gasteiger partial charge in [-0.15, -0.1) is 0 Å². The summed E-state index contributed by atoms with van der Waals surface area (Å²) in [5, 5.41) is 99.9. The first-order chi connectivity index (χ1) is 72.8. The number of anilines is 12. The van der Waals surface area contributed by atoms with Crippen molar-refractivity contribution in [2.75, 3.05) is 194 Å².